The molecule has 0 fully saturated rings. The van der Waals surface area contributed by atoms with Crippen LogP contribution in [0.2, 0.25) is 0 Å². The van der Waals surface area contributed by atoms with Gasteiger partial charge in [0.05, 0.1) is 16.1 Å². The first-order valence-electron chi connectivity index (χ1n) is 8.72. The number of carbonyl (C=O) groups is 1. The molecule has 3 aromatic rings. The molecule has 156 valence electrons. The van der Waals surface area contributed by atoms with E-state index < -0.39 is 27.7 Å². The zero-order valence-electron chi connectivity index (χ0n) is 15.7. The molecule has 9 heteroatoms. The summed E-state index contributed by atoms with van der Waals surface area (Å²) in [6.45, 7) is 0. The van der Waals surface area contributed by atoms with Gasteiger partial charge in [0.15, 0.2) is 0 Å². The Morgan fingerprint density at radius 2 is 1.53 bits per heavy atom. The molecule has 0 aliphatic carbocycles. The minimum absolute atomic E-state index is 0.0182. The monoisotopic (exact) mass is 434 g/mol. The number of carbonyl (C=O) groups excluding carboxylic acids is 1. The molecule has 1 N–H and O–H groups in total. The van der Waals surface area contributed by atoms with Gasteiger partial charge in [0.2, 0.25) is 0 Å². The first-order valence-corrected chi connectivity index (χ1v) is 10.2. The predicted molar refractivity (Wildman–Crippen MR) is 108 cm³/mol. The maximum absolute atomic E-state index is 12.8. The SMILES string of the molecule is CN(c1ccccc1)S(=O)(=O)c1ccc(C(=O)Nc2cccc(C(F)(F)F)c2)cc1. The molecule has 0 saturated heterocycles. The average Bonchev–Trinajstić information content (AvgIpc) is 2.73. The van der Waals surface area contributed by atoms with Gasteiger partial charge in [-0.15, -0.1) is 0 Å². The van der Waals surface area contributed by atoms with Gasteiger partial charge in [-0.1, -0.05) is 24.3 Å². The van der Waals surface area contributed by atoms with Crippen LogP contribution in [0.15, 0.2) is 83.8 Å². The van der Waals surface area contributed by atoms with Crippen LogP contribution in [0.4, 0.5) is 24.5 Å². The number of rotatable bonds is 5. The number of halogens is 3. The van der Waals surface area contributed by atoms with E-state index in [0.717, 1.165) is 16.4 Å². The second-order valence-electron chi connectivity index (χ2n) is 6.37. The first-order chi connectivity index (χ1) is 14.1. The summed E-state index contributed by atoms with van der Waals surface area (Å²) in [7, 11) is -2.42. The van der Waals surface area contributed by atoms with E-state index in [2.05, 4.69) is 5.32 Å². The van der Waals surface area contributed by atoms with Crippen molar-refractivity contribution in [1.82, 2.24) is 0 Å². The summed E-state index contributed by atoms with van der Waals surface area (Å²) in [6, 6.07) is 17.9. The normalized spacial score (nSPS) is 11.7. The summed E-state index contributed by atoms with van der Waals surface area (Å²) < 4.78 is 65.0. The molecule has 30 heavy (non-hydrogen) atoms. The molecule has 0 atom stereocenters. The van der Waals surface area contributed by atoms with Crippen molar-refractivity contribution >= 4 is 27.3 Å². The summed E-state index contributed by atoms with van der Waals surface area (Å²) in [6.07, 6.45) is -4.53. The Hall–Kier alpha value is -3.33. The molecule has 0 aromatic heterocycles. The maximum Gasteiger partial charge on any atom is 0.416 e. The molecule has 0 aliphatic rings. The van der Waals surface area contributed by atoms with Crippen LogP contribution in [-0.4, -0.2) is 21.4 Å². The number of sulfonamides is 1. The van der Waals surface area contributed by atoms with E-state index in [1.807, 2.05) is 0 Å². The lowest BCUT2D eigenvalue weighted by Crippen LogP contribution is -2.26. The number of amides is 1. The third-order valence-corrected chi connectivity index (χ3v) is 6.14. The summed E-state index contributed by atoms with van der Waals surface area (Å²) in [4.78, 5) is 12.3. The summed E-state index contributed by atoms with van der Waals surface area (Å²) in [5.74, 6) is -0.658. The van der Waals surface area contributed by atoms with Gasteiger partial charge in [0.25, 0.3) is 15.9 Å². The smallest absolute Gasteiger partial charge is 0.322 e. The average molecular weight is 434 g/mol. The Labute approximate surface area is 171 Å². The molecular weight excluding hydrogens is 417 g/mol. The van der Waals surface area contributed by atoms with Crippen molar-refractivity contribution < 1.29 is 26.4 Å². The lowest BCUT2D eigenvalue weighted by atomic mass is 10.1. The lowest BCUT2D eigenvalue weighted by molar-refractivity contribution is -0.137. The van der Waals surface area contributed by atoms with E-state index in [4.69, 9.17) is 0 Å². The van der Waals surface area contributed by atoms with Crippen molar-refractivity contribution in [1.29, 1.82) is 0 Å². The van der Waals surface area contributed by atoms with Crippen molar-refractivity contribution in [2.24, 2.45) is 0 Å². The second-order valence-corrected chi connectivity index (χ2v) is 8.33. The number of anilines is 2. The van der Waals surface area contributed by atoms with Gasteiger partial charge in [-0.05, 0) is 54.6 Å². The van der Waals surface area contributed by atoms with Crippen LogP contribution in [0.5, 0.6) is 0 Å². The molecule has 0 aliphatic heterocycles. The Morgan fingerprint density at radius 3 is 2.13 bits per heavy atom. The Balaban J connectivity index is 1.78. The summed E-state index contributed by atoms with van der Waals surface area (Å²) >= 11 is 0. The van der Waals surface area contributed by atoms with Crippen LogP contribution in [0.3, 0.4) is 0 Å². The van der Waals surface area contributed by atoms with E-state index in [9.17, 15) is 26.4 Å². The highest BCUT2D eigenvalue weighted by Gasteiger charge is 2.30. The Bertz CT molecular complexity index is 1150. The van der Waals surface area contributed by atoms with Crippen LogP contribution < -0.4 is 9.62 Å². The van der Waals surface area contributed by atoms with E-state index in [0.29, 0.717) is 5.69 Å². The maximum atomic E-state index is 12.8. The van der Waals surface area contributed by atoms with E-state index in [1.165, 1.54) is 43.4 Å². The van der Waals surface area contributed by atoms with Gasteiger partial charge in [0.1, 0.15) is 0 Å². The number of hydrogen-bond donors (Lipinski definition) is 1. The van der Waals surface area contributed by atoms with Crippen LogP contribution in [0.25, 0.3) is 0 Å². The van der Waals surface area contributed by atoms with Crippen molar-refractivity contribution in [3.63, 3.8) is 0 Å². The lowest BCUT2D eigenvalue weighted by Gasteiger charge is -2.19. The predicted octanol–water partition coefficient (Wildman–Crippen LogP) is 4.78. The fourth-order valence-electron chi connectivity index (χ4n) is 2.69. The Morgan fingerprint density at radius 1 is 0.900 bits per heavy atom. The molecule has 0 spiro atoms. The number of nitrogens with one attached hydrogen (secondary N) is 1. The zero-order valence-corrected chi connectivity index (χ0v) is 16.5. The number of benzene rings is 3. The first kappa shape index (κ1) is 21.4. The number of nitrogens with zero attached hydrogens (tertiary/aromatic N) is 1. The topological polar surface area (TPSA) is 66.5 Å². The highest BCUT2D eigenvalue weighted by molar-refractivity contribution is 7.92. The van der Waals surface area contributed by atoms with E-state index in [-0.39, 0.29) is 16.1 Å². The largest absolute Gasteiger partial charge is 0.416 e. The quantitative estimate of drug-likeness (QED) is 0.628. The van der Waals surface area contributed by atoms with Gasteiger partial charge in [0, 0.05) is 18.3 Å². The number of para-hydroxylation sites is 1. The second kappa shape index (κ2) is 8.19. The molecule has 5 nitrogen and oxygen atoms in total. The third kappa shape index (κ3) is 4.62. The number of hydrogen-bond acceptors (Lipinski definition) is 3. The third-order valence-electron chi connectivity index (χ3n) is 4.34. The van der Waals surface area contributed by atoms with E-state index >= 15 is 0 Å². The molecule has 1 amide bonds. The van der Waals surface area contributed by atoms with Crippen LogP contribution in [0.1, 0.15) is 15.9 Å². The van der Waals surface area contributed by atoms with Gasteiger partial charge in [-0.25, -0.2) is 8.42 Å². The van der Waals surface area contributed by atoms with Crippen molar-refractivity contribution in [2.75, 3.05) is 16.7 Å². The zero-order chi connectivity index (χ0) is 21.9. The molecule has 0 saturated carbocycles. The molecule has 0 heterocycles. The standard InChI is InChI=1S/C21H17F3N2O3S/c1-26(18-8-3-2-4-9-18)30(28,29)19-12-10-15(11-13-19)20(27)25-17-7-5-6-16(14-17)21(22,23)24/h2-14H,1H3,(H,25,27). The van der Waals surface area contributed by atoms with Gasteiger partial charge in [-0.3, -0.25) is 9.10 Å². The van der Waals surface area contributed by atoms with Gasteiger partial charge < -0.3 is 5.32 Å². The van der Waals surface area contributed by atoms with Gasteiger partial charge in [-0.2, -0.15) is 13.2 Å². The summed E-state index contributed by atoms with van der Waals surface area (Å²) in [5, 5.41) is 2.38. The minimum atomic E-state index is -4.53. The van der Waals surface area contributed by atoms with E-state index in [1.54, 1.807) is 30.3 Å². The molecule has 3 aromatic carbocycles. The molecule has 0 radical (unpaired) electrons. The van der Waals surface area contributed by atoms with Gasteiger partial charge >= 0.3 is 6.18 Å². The van der Waals surface area contributed by atoms with Crippen LogP contribution in [0, 0.1) is 0 Å². The molecule has 0 bridgehead atoms. The van der Waals surface area contributed by atoms with Crippen LogP contribution in [-0.2, 0) is 16.2 Å². The highest BCUT2D eigenvalue weighted by atomic mass is 32.2. The fourth-order valence-corrected chi connectivity index (χ4v) is 3.89. The summed E-state index contributed by atoms with van der Waals surface area (Å²) in [5.41, 5.74) is -0.321. The molecule has 0 unspecified atom stereocenters. The molecular formula is C21H17F3N2O3S. The molecule has 3 rings (SSSR count). The van der Waals surface area contributed by atoms with Crippen molar-refractivity contribution in [3.05, 3.63) is 90.0 Å². The van der Waals surface area contributed by atoms with Crippen LogP contribution >= 0.6 is 0 Å². The highest BCUT2D eigenvalue weighted by Crippen LogP contribution is 2.30. The fraction of sp³-hybridized carbons (Fsp3) is 0.0952. The number of alkyl halides is 3. The van der Waals surface area contributed by atoms with Crippen molar-refractivity contribution in [2.45, 2.75) is 11.1 Å². The van der Waals surface area contributed by atoms with Crippen molar-refractivity contribution in [3.8, 4) is 0 Å². The Kier molecular flexibility index (Phi) is 5.84. The minimum Gasteiger partial charge on any atom is -0.322 e.